The fourth-order valence-corrected chi connectivity index (χ4v) is 2.34. The van der Waals surface area contributed by atoms with Crippen LogP contribution in [0.1, 0.15) is 6.42 Å². The lowest BCUT2D eigenvalue weighted by atomic mass is 10.2. The summed E-state index contributed by atoms with van der Waals surface area (Å²) in [6, 6.07) is 7.56. The summed E-state index contributed by atoms with van der Waals surface area (Å²) in [6.45, 7) is 0.949. The third-order valence-electron chi connectivity index (χ3n) is 2.74. The molecule has 0 radical (unpaired) electrons. The number of sulfonamides is 1. The van der Waals surface area contributed by atoms with Crippen LogP contribution in [0.3, 0.4) is 0 Å². The maximum absolute atomic E-state index is 10.9. The molecule has 0 aliphatic rings. The zero-order chi connectivity index (χ0) is 15.3. The van der Waals surface area contributed by atoms with Crippen molar-refractivity contribution in [3.8, 4) is 0 Å². The van der Waals surface area contributed by atoms with E-state index in [0.717, 1.165) is 17.2 Å². The highest BCUT2D eigenvalue weighted by atomic mass is 32.2. The first-order valence-electron chi connectivity index (χ1n) is 6.41. The van der Waals surface area contributed by atoms with Crippen LogP contribution in [0.15, 0.2) is 24.3 Å². The summed E-state index contributed by atoms with van der Waals surface area (Å²) in [5, 5.41) is 4.05. The van der Waals surface area contributed by atoms with Gasteiger partial charge in [0, 0.05) is 18.5 Å². The van der Waals surface area contributed by atoms with Crippen molar-refractivity contribution in [1.82, 2.24) is 14.7 Å². The molecule has 5 N–H and O–H groups in total. The van der Waals surface area contributed by atoms with E-state index in [9.17, 15) is 8.42 Å². The van der Waals surface area contributed by atoms with Crippen LogP contribution < -0.4 is 21.3 Å². The fraction of sp³-hybridized carbons (Fsp3) is 0.333. The van der Waals surface area contributed by atoms with Gasteiger partial charge in [-0.3, -0.25) is 5.43 Å². The molecule has 9 heteroatoms. The van der Waals surface area contributed by atoms with Gasteiger partial charge in [0.15, 0.2) is 0 Å². The molecule has 0 spiro atoms. The Balaban J connectivity index is 2.04. The van der Waals surface area contributed by atoms with E-state index in [1.54, 1.807) is 0 Å². The summed E-state index contributed by atoms with van der Waals surface area (Å²) in [4.78, 5) is 8.52. The second-order valence-corrected chi connectivity index (χ2v) is 6.34. The molecule has 0 saturated carbocycles. The van der Waals surface area contributed by atoms with E-state index < -0.39 is 10.0 Å². The van der Waals surface area contributed by atoms with Crippen LogP contribution in [-0.4, -0.2) is 37.7 Å². The third-order valence-corrected chi connectivity index (χ3v) is 3.47. The Morgan fingerprint density at radius 1 is 1.19 bits per heavy atom. The smallest absolute Gasteiger partial charge is 0.239 e. The van der Waals surface area contributed by atoms with Gasteiger partial charge >= 0.3 is 0 Å². The third kappa shape index (κ3) is 4.52. The van der Waals surface area contributed by atoms with E-state index in [2.05, 4.69) is 25.4 Å². The number of nitrogen functional groups attached to an aromatic ring is 1. The minimum atomic E-state index is -3.14. The van der Waals surface area contributed by atoms with Gasteiger partial charge in [0.25, 0.3) is 0 Å². The molecule has 1 aromatic heterocycles. The van der Waals surface area contributed by atoms with E-state index in [1.807, 2.05) is 24.3 Å². The van der Waals surface area contributed by atoms with E-state index in [-0.39, 0.29) is 0 Å². The number of nitrogens with zero attached hydrogens (tertiary/aromatic N) is 2. The number of para-hydroxylation sites is 1. The quantitative estimate of drug-likeness (QED) is 0.329. The number of benzene rings is 1. The van der Waals surface area contributed by atoms with Crippen LogP contribution in [0.5, 0.6) is 0 Å². The molecule has 0 bridgehead atoms. The van der Waals surface area contributed by atoms with Crippen molar-refractivity contribution in [2.45, 2.75) is 6.42 Å². The van der Waals surface area contributed by atoms with Crippen molar-refractivity contribution >= 4 is 32.7 Å². The number of aromatic nitrogens is 2. The number of fused-ring (bicyclic) bond motifs is 1. The molecule has 114 valence electrons. The Labute approximate surface area is 123 Å². The van der Waals surface area contributed by atoms with E-state index in [4.69, 9.17) is 5.84 Å². The Bertz CT molecular complexity index is 719. The van der Waals surface area contributed by atoms with Gasteiger partial charge < -0.3 is 5.32 Å². The number of hydrazine groups is 1. The van der Waals surface area contributed by atoms with Gasteiger partial charge in [0.05, 0.1) is 11.8 Å². The Kier molecular flexibility index (Phi) is 4.89. The largest absolute Gasteiger partial charge is 0.369 e. The summed E-state index contributed by atoms with van der Waals surface area (Å²) in [7, 11) is -3.14. The van der Waals surface area contributed by atoms with Crippen LogP contribution in [-0.2, 0) is 10.0 Å². The first-order chi connectivity index (χ1) is 9.99. The molecule has 1 heterocycles. The zero-order valence-corrected chi connectivity index (χ0v) is 12.4. The molecular formula is C12H18N6O2S. The molecule has 0 fully saturated rings. The standard InChI is InChI=1S/C12H18N6O2S/c1-21(19,20)15-8-4-7-14-11-9-5-2-3-6-10(9)16-12(17-11)18-13/h2-3,5-6,15H,4,7-8,13H2,1H3,(H2,14,16,17,18). The number of rotatable bonds is 7. The monoisotopic (exact) mass is 310 g/mol. The SMILES string of the molecule is CS(=O)(=O)NCCCNc1nc(NN)nc2ccccc12. The first-order valence-corrected chi connectivity index (χ1v) is 8.30. The molecule has 0 aliphatic carbocycles. The first kappa shape index (κ1) is 15.4. The summed E-state index contributed by atoms with van der Waals surface area (Å²) in [5.74, 6) is 6.34. The molecule has 0 amide bonds. The van der Waals surface area contributed by atoms with Crippen molar-refractivity contribution in [3.05, 3.63) is 24.3 Å². The molecule has 2 rings (SSSR count). The average molecular weight is 310 g/mol. The van der Waals surface area contributed by atoms with Crippen molar-refractivity contribution < 1.29 is 8.42 Å². The highest BCUT2D eigenvalue weighted by Crippen LogP contribution is 2.21. The Hall–Kier alpha value is -1.97. The van der Waals surface area contributed by atoms with Gasteiger partial charge in [0.1, 0.15) is 5.82 Å². The second-order valence-electron chi connectivity index (χ2n) is 4.50. The molecule has 0 aliphatic heterocycles. The summed E-state index contributed by atoms with van der Waals surface area (Å²) < 4.78 is 24.3. The van der Waals surface area contributed by atoms with Gasteiger partial charge in [-0.25, -0.2) is 24.0 Å². The van der Waals surface area contributed by atoms with Crippen LogP contribution in [0.25, 0.3) is 10.9 Å². The maximum Gasteiger partial charge on any atom is 0.239 e. The molecule has 0 saturated heterocycles. The molecular weight excluding hydrogens is 292 g/mol. The Morgan fingerprint density at radius 3 is 2.67 bits per heavy atom. The highest BCUT2D eigenvalue weighted by molar-refractivity contribution is 7.88. The van der Waals surface area contributed by atoms with Crippen molar-refractivity contribution in [3.63, 3.8) is 0 Å². The number of hydrogen-bond donors (Lipinski definition) is 4. The summed E-state index contributed by atoms with van der Waals surface area (Å²) >= 11 is 0. The molecule has 8 nitrogen and oxygen atoms in total. The number of anilines is 2. The summed E-state index contributed by atoms with van der Waals surface area (Å²) in [6.07, 6.45) is 1.77. The number of nitrogens with two attached hydrogens (primary N) is 1. The highest BCUT2D eigenvalue weighted by Gasteiger charge is 2.06. The second kappa shape index (κ2) is 6.66. The normalized spacial score (nSPS) is 11.5. The number of hydrogen-bond acceptors (Lipinski definition) is 7. The van der Waals surface area contributed by atoms with E-state index in [0.29, 0.717) is 31.3 Å². The lowest BCUT2D eigenvalue weighted by Crippen LogP contribution is -2.24. The van der Waals surface area contributed by atoms with Crippen molar-refractivity contribution in [1.29, 1.82) is 0 Å². The Morgan fingerprint density at radius 2 is 1.95 bits per heavy atom. The van der Waals surface area contributed by atoms with Gasteiger partial charge in [-0.15, -0.1) is 0 Å². The van der Waals surface area contributed by atoms with Crippen LogP contribution >= 0.6 is 0 Å². The van der Waals surface area contributed by atoms with Gasteiger partial charge in [0.2, 0.25) is 16.0 Å². The fourth-order valence-electron chi connectivity index (χ4n) is 1.83. The van der Waals surface area contributed by atoms with Gasteiger partial charge in [-0.2, -0.15) is 4.98 Å². The minimum absolute atomic E-state index is 0.325. The van der Waals surface area contributed by atoms with E-state index in [1.165, 1.54) is 0 Å². The van der Waals surface area contributed by atoms with Crippen LogP contribution in [0, 0.1) is 0 Å². The van der Waals surface area contributed by atoms with Gasteiger partial charge in [-0.1, -0.05) is 12.1 Å². The average Bonchev–Trinajstić information content (AvgIpc) is 2.45. The minimum Gasteiger partial charge on any atom is -0.369 e. The lowest BCUT2D eigenvalue weighted by molar-refractivity contribution is 0.586. The lowest BCUT2D eigenvalue weighted by Gasteiger charge is -2.10. The van der Waals surface area contributed by atoms with E-state index >= 15 is 0 Å². The molecule has 1 aromatic carbocycles. The number of nitrogens with one attached hydrogen (secondary N) is 3. The predicted molar refractivity (Wildman–Crippen MR) is 83.3 cm³/mol. The van der Waals surface area contributed by atoms with Gasteiger partial charge in [-0.05, 0) is 18.6 Å². The molecule has 0 unspecified atom stereocenters. The predicted octanol–water partition coefficient (Wildman–Crippen LogP) is 0.267. The topological polar surface area (TPSA) is 122 Å². The molecule has 0 atom stereocenters. The van der Waals surface area contributed by atoms with Crippen molar-refractivity contribution in [2.75, 3.05) is 30.1 Å². The van der Waals surface area contributed by atoms with Crippen LogP contribution in [0.2, 0.25) is 0 Å². The molecule has 2 aromatic rings. The maximum atomic E-state index is 10.9. The zero-order valence-electron chi connectivity index (χ0n) is 11.6. The summed E-state index contributed by atoms with van der Waals surface area (Å²) in [5.41, 5.74) is 3.20. The molecule has 21 heavy (non-hydrogen) atoms. The van der Waals surface area contributed by atoms with Crippen molar-refractivity contribution in [2.24, 2.45) is 5.84 Å². The van der Waals surface area contributed by atoms with Crippen LogP contribution in [0.4, 0.5) is 11.8 Å².